The number of benzene rings is 2. The Kier molecular flexibility index (Phi) is 6.13. The number of rotatable bonds is 5. The molecular formula is C21H22N4O3S. The van der Waals surface area contributed by atoms with Crippen LogP contribution in [0.5, 0.6) is 5.75 Å². The standard InChI is InChI=1S/C21H22N4O3S/c1-12-8-7-9-13(2)17(12)24-19(26)18-14(3)22-21(29-18)25-20(27)23-15-10-5-6-11-16(15)28-4/h5-11H,1-4H3,(H,24,26)(H2,22,23,25,27). The van der Waals surface area contributed by atoms with Crippen molar-refractivity contribution in [1.29, 1.82) is 0 Å². The van der Waals surface area contributed by atoms with Gasteiger partial charge in [-0.15, -0.1) is 0 Å². The molecule has 3 N–H and O–H groups in total. The highest BCUT2D eigenvalue weighted by Gasteiger charge is 2.18. The number of nitrogens with one attached hydrogen (secondary N) is 3. The van der Waals surface area contributed by atoms with Crippen LogP contribution >= 0.6 is 11.3 Å². The topological polar surface area (TPSA) is 92.3 Å². The Labute approximate surface area is 173 Å². The van der Waals surface area contributed by atoms with Crippen molar-refractivity contribution in [1.82, 2.24) is 4.98 Å². The van der Waals surface area contributed by atoms with Gasteiger partial charge in [0.1, 0.15) is 10.6 Å². The van der Waals surface area contributed by atoms with E-state index < -0.39 is 6.03 Å². The number of carbonyl (C=O) groups excluding carboxylic acids is 2. The largest absolute Gasteiger partial charge is 0.495 e. The van der Waals surface area contributed by atoms with Gasteiger partial charge in [0.25, 0.3) is 5.91 Å². The van der Waals surface area contributed by atoms with Crippen LogP contribution in [0.25, 0.3) is 0 Å². The van der Waals surface area contributed by atoms with E-state index >= 15 is 0 Å². The van der Waals surface area contributed by atoms with Gasteiger partial charge in [-0.2, -0.15) is 0 Å². The zero-order valence-electron chi connectivity index (χ0n) is 16.6. The smallest absolute Gasteiger partial charge is 0.325 e. The number of ether oxygens (including phenoxy) is 1. The molecule has 0 aliphatic heterocycles. The lowest BCUT2D eigenvalue weighted by molar-refractivity contribution is 0.102. The first-order chi connectivity index (χ1) is 13.9. The molecule has 0 bridgehead atoms. The van der Waals surface area contributed by atoms with Crippen LogP contribution in [0.4, 0.5) is 21.3 Å². The molecule has 2 aromatic carbocycles. The number of aryl methyl sites for hydroxylation is 3. The first kappa shape index (κ1) is 20.3. The van der Waals surface area contributed by atoms with E-state index in [-0.39, 0.29) is 5.91 Å². The third-order valence-electron chi connectivity index (χ3n) is 4.30. The number of anilines is 3. The summed E-state index contributed by atoms with van der Waals surface area (Å²) in [5.74, 6) is 0.294. The molecule has 0 saturated heterocycles. The second-order valence-electron chi connectivity index (χ2n) is 6.43. The predicted molar refractivity (Wildman–Crippen MR) is 116 cm³/mol. The van der Waals surface area contributed by atoms with E-state index in [2.05, 4.69) is 20.9 Å². The fraction of sp³-hybridized carbons (Fsp3) is 0.190. The van der Waals surface area contributed by atoms with Crippen LogP contribution in [0.15, 0.2) is 42.5 Å². The van der Waals surface area contributed by atoms with Gasteiger partial charge in [-0.3, -0.25) is 10.1 Å². The van der Waals surface area contributed by atoms with Gasteiger partial charge in [-0.1, -0.05) is 41.7 Å². The van der Waals surface area contributed by atoms with Crippen molar-refractivity contribution >= 4 is 39.8 Å². The maximum Gasteiger partial charge on any atom is 0.325 e. The first-order valence-electron chi connectivity index (χ1n) is 8.95. The van der Waals surface area contributed by atoms with Gasteiger partial charge in [0.2, 0.25) is 0 Å². The number of para-hydroxylation sites is 3. The van der Waals surface area contributed by atoms with Crippen LogP contribution in [-0.4, -0.2) is 24.0 Å². The fourth-order valence-corrected chi connectivity index (χ4v) is 3.70. The molecule has 0 fully saturated rings. The Bertz CT molecular complexity index is 1040. The first-order valence-corrected chi connectivity index (χ1v) is 9.76. The van der Waals surface area contributed by atoms with E-state index in [9.17, 15) is 9.59 Å². The summed E-state index contributed by atoms with van der Waals surface area (Å²) in [6, 6.07) is 12.4. The lowest BCUT2D eigenvalue weighted by atomic mass is 10.1. The summed E-state index contributed by atoms with van der Waals surface area (Å²) in [5, 5.41) is 8.66. The van der Waals surface area contributed by atoms with Crippen LogP contribution in [-0.2, 0) is 0 Å². The summed E-state index contributed by atoms with van der Waals surface area (Å²) in [4.78, 5) is 29.8. The van der Waals surface area contributed by atoms with Crippen molar-refractivity contribution in [2.75, 3.05) is 23.1 Å². The van der Waals surface area contributed by atoms with E-state index in [4.69, 9.17) is 4.74 Å². The van der Waals surface area contributed by atoms with Crippen LogP contribution in [0.2, 0.25) is 0 Å². The molecule has 29 heavy (non-hydrogen) atoms. The normalized spacial score (nSPS) is 10.3. The highest BCUT2D eigenvalue weighted by molar-refractivity contribution is 7.17. The molecule has 3 aromatic rings. The average Bonchev–Trinajstić information content (AvgIpc) is 3.05. The lowest BCUT2D eigenvalue weighted by Gasteiger charge is -2.10. The summed E-state index contributed by atoms with van der Waals surface area (Å²) < 4.78 is 5.22. The number of amides is 3. The molecule has 0 atom stereocenters. The van der Waals surface area contributed by atoms with E-state index in [0.29, 0.717) is 27.1 Å². The third-order valence-corrected chi connectivity index (χ3v) is 5.37. The van der Waals surface area contributed by atoms with E-state index in [1.807, 2.05) is 38.1 Å². The maximum atomic E-state index is 12.7. The van der Waals surface area contributed by atoms with Crippen LogP contribution < -0.4 is 20.7 Å². The molecule has 1 heterocycles. The molecule has 0 radical (unpaired) electrons. The molecule has 3 amide bonds. The second kappa shape index (κ2) is 8.74. The highest BCUT2D eigenvalue weighted by atomic mass is 32.1. The van der Waals surface area contributed by atoms with E-state index in [0.717, 1.165) is 28.2 Å². The molecule has 150 valence electrons. The molecule has 8 heteroatoms. The molecule has 0 spiro atoms. The Morgan fingerprint density at radius 1 is 0.931 bits per heavy atom. The van der Waals surface area contributed by atoms with Crippen LogP contribution in [0.1, 0.15) is 26.5 Å². The van der Waals surface area contributed by atoms with Crippen LogP contribution in [0, 0.1) is 20.8 Å². The van der Waals surface area contributed by atoms with Crippen molar-refractivity contribution in [3.8, 4) is 5.75 Å². The molecule has 7 nitrogen and oxygen atoms in total. The zero-order valence-corrected chi connectivity index (χ0v) is 17.4. The predicted octanol–water partition coefficient (Wildman–Crippen LogP) is 4.97. The fourth-order valence-electron chi connectivity index (χ4n) is 2.84. The van der Waals surface area contributed by atoms with Gasteiger partial charge >= 0.3 is 6.03 Å². The highest BCUT2D eigenvalue weighted by Crippen LogP contribution is 2.27. The molecule has 3 rings (SSSR count). The van der Waals surface area contributed by atoms with E-state index in [1.165, 1.54) is 7.11 Å². The number of thiazole rings is 1. The summed E-state index contributed by atoms with van der Waals surface area (Å²) in [5.41, 5.74) is 3.83. The minimum absolute atomic E-state index is 0.254. The van der Waals surface area contributed by atoms with Gasteiger partial charge < -0.3 is 15.4 Å². The third kappa shape index (κ3) is 4.72. The Hall–Kier alpha value is -3.39. The van der Waals surface area contributed by atoms with Gasteiger partial charge in [-0.25, -0.2) is 9.78 Å². The number of methoxy groups -OCH3 is 1. The number of hydrogen-bond acceptors (Lipinski definition) is 5. The molecule has 0 unspecified atom stereocenters. The molecule has 0 aliphatic carbocycles. The lowest BCUT2D eigenvalue weighted by Crippen LogP contribution is -2.19. The summed E-state index contributed by atoms with van der Waals surface area (Å²) in [7, 11) is 1.53. The van der Waals surface area contributed by atoms with Gasteiger partial charge in [0.15, 0.2) is 5.13 Å². The second-order valence-corrected chi connectivity index (χ2v) is 7.43. The Balaban J connectivity index is 1.71. The van der Waals surface area contributed by atoms with Crippen LogP contribution in [0.3, 0.4) is 0 Å². The number of hydrogen-bond donors (Lipinski definition) is 3. The minimum Gasteiger partial charge on any atom is -0.495 e. The molecule has 0 saturated carbocycles. The summed E-state index contributed by atoms with van der Waals surface area (Å²) in [6.07, 6.45) is 0. The minimum atomic E-state index is -0.468. The summed E-state index contributed by atoms with van der Waals surface area (Å²) >= 11 is 1.12. The van der Waals surface area contributed by atoms with Crippen molar-refractivity contribution in [3.05, 3.63) is 64.2 Å². The van der Waals surface area contributed by atoms with Crippen molar-refractivity contribution in [2.45, 2.75) is 20.8 Å². The number of nitrogens with zero attached hydrogens (tertiary/aromatic N) is 1. The zero-order chi connectivity index (χ0) is 21.0. The Morgan fingerprint density at radius 3 is 2.31 bits per heavy atom. The molecule has 0 aliphatic rings. The number of aromatic nitrogens is 1. The summed E-state index contributed by atoms with van der Waals surface area (Å²) in [6.45, 7) is 5.62. The quantitative estimate of drug-likeness (QED) is 0.553. The average molecular weight is 410 g/mol. The number of urea groups is 1. The molecule has 1 aromatic heterocycles. The van der Waals surface area contributed by atoms with E-state index in [1.54, 1.807) is 25.1 Å². The molecular weight excluding hydrogens is 388 g/mol. The van der Waals surface area contributed by atoms with Gasteiger partial charge in [-0.05, 0) is 44.0 Å². The monoisotopic (exact) mass is 410 g/mol. The van der Waals surface area contributed by atoms with Gasteiger partial charge in [0, 0.05) is 5.69 Å². The van der Waals surface area contributed by atoms with Crippen molar-refractivity contribution in [2.24, 2.45) is 0 Å². The van der Waals surface area contributed by atoms with Gasteiger partial charge in [0.05, 0.1) is 18.5 Å². The SMILES string of the molecule is COc1ccccc1NC(=O)Nc1nc(C)c(C(=O)Nc2c(C)cccc2C)s1. The maximum absolute atomic E-state index is 12.7. The van der Waals surface area contributed by atoms with Crippen molar-refractivity contribution < 1.29 is 14.3 Å². The number of carbonyl (C=O) groups is 2. The Morgan fingerprint density at radius 2 is 1.62 bits per heavy atom. The van der Waals surface area contributed by atoms with Crippen molar-refractivity contribution in [3.63, 3.8) is 0 Å².